The number of halogens is 1. The Balaban J connectivity index is 1.85. The fraction of sp³-hybridized carbons (Fsp3) is 0.158. The molecule has 0 saturated carbocycles. The summed E-state index contributed by atoms with van der Waals surface area (Å²) in [5.74, 6) is -0.135. The van der Waals surface area contributed by atoms with Crippen molar-refractivity contribution >= 4 is 35.5 Å². The van der Waals surface area contributed by atoms with Crippen molar-refractivity contribution < 1.29 is 9.53 Å². The SMILES string of the molecule is COC(=O)c1cccc(SNc2nc(Cl)cc(-c3c(C)cccc3C)n2)n1. The van der Waals surface area contributed by atoms with Gasteiger partial charge in [0.1, 0.15) is 15.9 Å². The van der Waals surface area contributed by atoms with E-state index in [1.165, 1.54) is 19.1 Å². The van der Waals surface area contributed by atoms with Crippen LogP contribution in [0.25, 0.3) is 11.3 Å². The average molecular weight is 401 g/mol. The molecular weight excluding hydrogens is 384 g/mol. The van der Waals surface area contributed by atoms with Crippen molar-refractivity contribution in [2.75, 3.05) is 11.8 Å². The molecule has 1 N–H and O–H groups in total. The zero-order valence-electron chi connectivity index (χ0n) is 15.0. The number of nitrogens with zero attached hydrogens (tertiary/aromatic N) is 3. The lowest BCUT2D eigenvalue weighted by molar-refractivity contribution is 0.0593. The number of ether oxygens (including phenoxy) is 1. The zero-order chi connectivity index (χ0) is 19.4. The van der Waals surface area contributed by atoms with Crippen LogP contribution in [-0.4, -0.2) is 28.0 Å². The number of esters is 1. The summed E-state index contributed by atoms with van der Waals surface area (Å²) in [4.78, 5) is 24.6. The minimum Gasteiger partial charge on any atom is -0.464 e. The summed E-state index contributed by atoms with van der Waals surface area (Å²) in [7, 11) is 1.32. The van der Waals surface area contributed by atoms with E-state index in [1.54, 1.807) is 24.3 Å². The number of aromatic nitrogens is 3. The van der Waals surface area contributed by atoms with Crippen LogP contribution < -0.4 is 4.72 Å². The molecule has 0 atom stereocenters. The molecule has 138 valence electrons. The quantitative estimate of drug-likeness (QED) is 0.377. The Bertz CT molecular complexity index is 977. The highest BCUT2D eigenvalue weighted by Crippen LogP contribution is 2.28. The normalized spacial score (nSPS) is 10.5. The Kier molecular flexibility index (Phi) is 5.93. The summed E-state index contributed by atoms with van der Waals surface area (Å²) in [5, 5.41) is 0.914. The molecule has 2 heterocycles. The van der Waals surface area contributed by atoms with Gasteiger partial charge in [0.05, 0.1) is 12.8 Å². The maximum atomic E-state index is 11.6. The first-order valence-electron chi connectivity index (χ1n) is 8.07. The first kappa shape index (κ1) is 19.1. The van der Waals surface area contributed by atoms with Crippen molar-refractivity contribution in [3.63, 3.8) is 0 Å². The van der Waals surface area contributed by atoms with Crippen LogP contribution in [0.1, 0.15) is 21.6 Å². The van der Waals surface area contributed by atoms with Crippen molar-refractivity contribution in [2.45, 2.75) is 18.9 Å². The monoisotopic (exact) mass is 400 g/mol. The predicted molar refractivity (Wildman–Crippen MR) is 107 cm³/mol. The van der Waals surface area contributed by atoms with Gasteiger partial charge in [0.25, 0.3) is 0 Å². The standard InChI is InChI=1S/C19H17ClN4O2S/c1-11-6-4-7-12(2)17(11)14-10-15(20)23-19(22-14)24-27-16-9-5-8-13(21-16)18(25)26-3/h4-10H,1-3H3,(H,22,23,24). The molecule has 2 aromatic heterocycles. The van der Waals surface area contributed by atoms with Gasteiger partial charge in [-0.05, 0) is 37.1 Å². The van der Waals surface area contributed by atoms with Crippen LogP contribution in [0.15, 0.2) is 47.5 Å². The first-order valence-corrected chi connectivity index (χ1v) is 9.27. The van der Waals surface area contributed by atoms with E-state index in [9.17, 15) is 4.79 Å². The first-order chi connectivity index (χ1) is 13.0. The van der Waals surface area contributed by atoms with Gasteiger partial charge >= 0.3 is 5.97 Å². The van der Waals surface area contributed by atoms with Gasteiger partial charge in [-0.3, -0.25) is 4.72 Å². The van der Waals surface area contributed by atoms with E-state index in [0.29, 0.717) is 16.1 Å². The molecule has 0 unspecified atom stereocenters. The maximum absolute atomic E-state index is 11.6. The van der Waals surface area contributed by atoms with Crippen LogP contribution in [0.4, 0.5) is 5.95 Å². The fourth-order valence-electron chi connectivity index (χ4n) is 2.60. The van der Waals surface area contributed by atoms with Gasteiger partial charge in [0.2, 0.25) is 5.95 Å². The lowest BCUT2D eigenvalue weighted by Gasteiger charge is -2.11. The summed E-state index contributed by atoms with van der Waals surface area (Å²) in [6.45, 7) is 4.06. The van der Waals surface area contributed by atoms with E-state index in [2.05, 4.69) is 24.4 Å². The molecule has 0 radical (unpaired) electrons. The Morgan fingerprint density at radius 3 is 2.48 bits per heavy atom. The molecule has 0 bridgehead atoms. The third-order valence-corrected chi connectivity index (χ3v) is 4.71. The fourth-order valence-corrected chi connectivity index (χ4v) is 3.36. The van der Waals surface area contributed by atoms with Crippen LogP contribution in [0, 0.1) is 13.8 Å². The maximum Gasteiger partial charge on any atom is 0.356 e. The molecule has 6 nitrogen and oxygen atoms in total. The van der Waals surface area contributed by atoms with Crippen LogP contribution in [0.3, 0.4) is 0 Å². The molecule has 8 heteroatoms. The zero-order valence-corrected chi connectivity index (χ0v) is 16.6. The summed E-state index contributed by atoms with van der Waals surface area (Å²) in [6, 6.07) is 12.9. The Morgan fingerprint density at radius 2 is 1.78 bits per heavy atom. The smallest absolute Gasteiger partial charge is 0.356 e. The number of anilines is 1. The summed E-state index contributed by atoms with van der Waals surface area (Å²) in [5.41, 5.74) is 4.21. The molecule has 0 amide bonds. The molecular formula is C19H17ClN4O2S. The Hall–Kier alpha value is -2.64. The second kappa shape index (κ2) is 8.37. The molecule has 0 aliphatic heterocycles. The third-order valence-electron chi connectivity index (χ3n) is 3.80. The highest BCUT2D eigenvalue weighted by Gasteiger charge is 2.12. The molecule has 0 aliphatic carbocycles. The van der Waals surface area contributed by atoms with Gasteiger partial charge in [0, 0.05) is 23.6 Å². The van der Waals surface area contributed by atoms with Crippen molar-refractivity contribution in [3.8, 4) is 11.3 Å². The number of benzene rings is 1. The Morgan fingerprint density at radius 1 is 1.07 bits per heavy atom. The van der Waals surface area contributed by atoms with Gasteiger partial charge in [-0.1, -0.05) is 35.9 Å². The number of carbonyl (C=O) groups is 1. The third kappa shape index (κ3) is 4.56. The second-order valence-electron chi connectivity index (χ2n) is 5.72. The molecule has 0 fully saturated rings. The van der Waals surface area contributed by atoms with Gasteiger partial charge in [0.15, 0.2) is 0 Å². The summed E-state index contributed by atoms with van der Waals surface area (Å²) >= 11 is 7.38. The Labute approximate surface area is 166 Å². The number of aryl methyl sites for hydroxylation is 2. The number of pyridine rings is 1. The van der Waals surface area contributed by atoms with Crippen molar-refractivity contribution in [1.29, 1.82) is 0 Å². The molecule has 0 spiro atoms. The van der Waals surface area contributed by atoms with Gasteiger partial charge in [-0.15, -0.1) is 0 Å². The van der Waals surface area contributed by atoms with Crippen LogP contribution in [0.5, 0.6) is 0 Å². The topological polar surface area (TPSA) is 77.0 Å². The number of hydrogen-bond donors (Lipinski definition) is 1. The number of methoxy groups -OCH3 is 1. The lowest BCUT2D eigenvalue weighted by atomic mass is 10.00. The van der Waals surface area contributed by atoms with E-state index < -0.39 is 5.97 Å². The van der Waals surface area contributed by atoms with E-state index >= 15 is 0 Å². The number of rotatable bonds is 5. The highest BCUT2D eigenvalue weighted by atomic mass is 35.5. The molecule has 3 aromatic rings. The molecule has 27 heavy (non-hydrogen) atoms. The van der Waals surface area contributed by atoms with Crippen LogP contribution >= 0.6 is 23.5 Å². The van der Waals surface area contributed by atoms with E-state index in [-0.39, 0.29) is 5.69 Å². The van der Waals surface area contributed by atoms with Gasteiger partial charge < -0.3 is 4.74 Å². The van der Waals surface area contributed by atoms with Gasteiger partial charge in [-0.25, -0.2) is 19.7 Å². The minimum atomic E-state index is -0.492. The van der Waals surface area contributed by atoms with E-state index in [4.69, 9.17) is 11.6 Å². The molecule has 3 rings (SSSR count). The average Bonchev–Trinajstić information content (AvgIpc) is 2.65. The van der Waals surface area contributed by atoms with Gasteiger partial charge in [-0.2, -0.15) is 0 Å². The van der Waals surface area contributed by atoms with Crippen LogP contribution in [-0.2, 0) is 4.74 Å². The second-order valence-corrected chi connectivity index (χ2v) is 6.94. The molecule has 1 aromatic carbocycles. The number of nitrogens with one attached hydrogen (secondary N) is 1. The lowest BCUT2D eigenvalue weighted by Crippen LogP contribution is -2.05. The minimum absolute atomic E-state index is 0.229. The summed E-state index contributed by atoms with van der Waals surface area (Å²) in [6.07, 6.45) is 0. The predicted octanol–water partition coefficient (Wildman–Crippen LogP) is 4.71. The molecule has 0 aliphatic rings. The van der Waals surface area contributed by atoms with E-state index in [1.807, 2.05) is 32.0 Å². The van der Waals surface area contributed by atoms with Crippen LogP contribution in [0.2, 0.25) is 5.15 Å². The molecule has 0 saturated heterocycles. The highest BCUT2D eigenvalue weighted by molar-refractivity contribution is 8.00. The number of hydrogen-bond acceptors (Lipinski definition) is 7. The van der Waals surface area contributed by atoms with Crippen molar-refractivity contribution in [1.82, 2.24) is 15.0 Å². The largest absolute Gasteiger partial charge is 0.464 e. The summed E-state index contributed by atoms with van der Waals surface area (Å²) < 4.78 is 7.71. The van der Waals surface area contributed by atoms with Crippen molar-refractivity contribution in [3.05, 3.63) is 64.4 Å². The van der Waals surface area contributed by atoms with E-state index in [0.717, 1.165) is 22.4 Å². The number of carbonyl (C=O) groups excluding carboxylic acids is 1. The van der Waals surface area contributed by atoms with Crippen molar-refractivity contribution in [2.24, 2.45) is 0 Å².